The summed E-state index contributed by atoms with van der Waals surface area (Å²) in [5.74, 6) is 3.26. The van der Waals surface area contributed by atoms with Crippen molar-refractivity contribution in [3.05, 3.63) is 35.7 Å². The number of primary sulfonamides is 1. The molecular weight excluding hydrogens is 509 g/mol. The molecule has 6 atom stereocenters. The lowest BCUT2D eigenvalue weighted by Crippen LogP contribution is -2.55. The number of hydrogen-bond acceptors (Lipinski definition) is 6. The Hall–Kier alpha value is -2.70. The van der Waals surface area contributed by atoms with E-state index < -0.39 is 38.9 Å². The zero-order valence-electron chi connectivity index (χ0n) is 21.6. The minimum absolute atomic E-state index is 0.0198. The Balaban J connectivity index is 1.31. The first kappa shape index (κ1) is 26.9. The minimum atomic E-state index is -4.21. The van der Waals surface area contributed by atoms with Gasteiger partial charge in [0, 0.05) is 17.9 Å². The Bertz CT molecular complexity index is 1330. The Kier molecular flexibility index (Phi) is 6.93. The average Bonchev–Trinajstić information content (AvgIpc) is 3.21. The molecule has 4 aliphatic carbocycles. The molecule has 2 N–H and O–H groups in total. The molecule has 0 amide bonds. The highest BCUT2D eigenvalue weighted by Gasteiger charge is 2.65. The molecule has 4 aliphatic rings. The lowest BCUT2D eigenvalue weighted by molar-refractivity contribution is -0.175. The van der Waals surface area contributed by atoms with Gasteiger partial charge in [0.2, 0.25) is 10.0 Å². The lowest BCUT2D eigenvalue weighted by Gasteiger charge is -2.56. The molecule has 5 rings (SSSR count). The summed E-state index contributed by atoms with van der Waals surface area (Å²) in [5.41, 5.74) is -0.0444. The maximum absolute atomic E-state index is 14.2. The van der Waals surface area contributed by atoms with Crippen LogP contribution in [0, 0.1) is 47.2 Å². The Morgan fingerprint density at radius 2 is 1.97 bits per heavy atom. The number of benzene rings is 1. The maximum atomic E-state index is 14.2. The summed E-state index contributed by atoms with van der Waals surface area (Å²) in [5, 5.41) is 4.99. The van der Waals surface area contributed by atoms with Crippen molar-refractivity contribution in [2.75, 3.05) is 6.61 Å². The van der Waals surface area contributed by atoms with Crippen LogP contribution in [0.2, 0.25) is 0 Å². The molecule has 0 saturated heterocycles. The molecule has 0 heterocycles. The van der Waals surface area contributed by atoms with Gasteiger partial charge in [0.05, 0.1) is 0 Å². The number of fused-ring (bicyclic) bond motifs is 5. The number of halogens is 1. The van der Waals surface area contributed by atoms with Gasteiger partial charge in [-0.05, 0) is 93.2 Å². The third-order valence-corrected chi connectivity index (χ3v) is 10.8. The normalized spacial score (nSPS) is 34.3. The second-order valence-corrected chi connectivity index (χ2v) is 12.8. The van der Waals surface area contributed by atoms with Crippen molar-refractivity contribution >= 4 is 21.8 Å². The van der Waals surface area contributed by atoms with Crippen molar-refractivity contribution in [3.63, 3.8) is 0 Å². The predicted octanol–water partition coefficient (Wildman–Crippen LogP) is 4.30. The second-order valence-electron chi connectivity index (χ2n) is 11.3. The van der Waals surface area contributed by atoms with Crippen molar-refractivity contribution in [3.8, 4) is 18.1 Å². The molecular formula is C29H34FNO6S. The molecule has 1 aromatic rings. The minimum Gasteiger partial charge on any atom is -0.482 e. The number of ketones is 1. The monoisotopic (exact) mass is 543 g/mol. The third-order valence-electron chi connectivity index (χ3n) is 9.84. The fraction of sp³-hybridized carbons (Fsp3) is 0.586. The van der Waals surface area contributed by atoms with Crippen LogP contribution in [0.25, 0.3) is 0 Å². The first-order valence-corrected chi connectivity index (χ1v) is 15.0. The van der Waals surface area contributed by atoms with Crippen molar-refractivity contribution in [2.45, 2.75) is 75.2 Å². The van der Waals surface area contributed by atoms with E-state index in [9.17, 15) is 22.4 Å². The molecule has 9 heteroatoms. The average molecular weight is 544 g/mol. The summed E-state index contributed by atoms with van der Waals surface area (Å²) in [4.78, 5) is 24.3. The van der Waals surface area contributed by atoms with E-state index in [-0.39, 0.29) is 16.9 Å². The van der Waals surface area contributed by atoms with Gasteiger partial charge in [0.15, 0.2) is 18.0 Å². The highest BCUT2D eigenvalue weighted by Crippen LogP contribution is 2.67. The molecule has 38 heavy (non-hydrogen) atoms. The molecule has 0 radical (unpaired) electrons. The smallest absolute Gasteiger partial charge is 0.345 e. The first-order chi connectivity index (χ1) is 18.0. The van der Waals surface area contributed by atoms with E-state index in [1.54, 1.807) is 0 Å². The number of esters is 1. The second kappa shape index (κ2) is 9.80. The summed E-state index contributed by atoms with van der Waals surface area (Å²) in [7, 11) is -4.21. The van der Waals surface area contributed by atoms with Gasteiger partial charge in [0.1, 0.15) is 16.5 Å². The largest absolute Gasteiger partial charge is 0.482 e. The fourth-order valence-electron chi connectivity index (χ4n) is 8.29. The van der Waals surface area contributed by atoms with Gasteiger partial charge in [-0.1, -0.05) is 18.4 Å². The summed E-state index contributed by atoms with van der Waals surface area (Å²) in [6, 6.07) is 3.10. The number of allylic oxidation sites excluding steroid dienone is 1. The van der Waals surface area contributed by atoms with Crippen molar-refractivity contribution in [2.24, 2.45) is 34.2 Å². The van der Waals surface area contributed by atoms with Crippen LogP contribution in [-0.2, 0) is 24.3 Å². The number of sulfonamides is 1. The number of carbonyl (C=O) groups excluding carboxylic acids is 2. The van der Waals surface area contributed by atoms with Crippen LogP contribution in [0.3, 0.4) is 0 Å². The molecule has 0 bridgehead atoms. The van der Waals surface area contributed by atoms with Crippen LogP contribution >= 0.6 is 0 Å². The van der Waals surface area contributed by atoms with Crippen LogP contribution in [-0.4, -0.2) is 32.4 Å². The predicted molar refractivity (Wildman–Crippen MR) is 138 cm³/mol. The number of hydrogen-bond donors (Lipinski definition) is 1. The Labute approximate surface area is 223 Å². The van der Waals surface area contributed by atoms with Crippen LogP contribution < -0.4 is 9.88 Å². The van der Waals surface area contributed by atoms with Gasteiger partial charge >= 0.3 is 5.97 Å². The third kappa shape index (κ3) is 4.36. The summed E-state index contributed by atoms with van der Waals surface area (Å²) >= 11 is 0. The van der Waals surface area contributed by atoms with Gasteiger partial charge in [-0.3, -0.25) is 4.79 Å². The van der Waals surface area contributed by atoms with Gasteiger partial charge in [-0.15, -0.1) is 6.42 Å². The molecule has 0 aliphatic heterocycles. The molecule has 4 unspecified atom stereocenters. The molecule has 7 nitrogen and oxygen atoms in total. The number of carbonyl (C=O) groups is 2. The van der Waals surface area contributed by atoms with E-state index in [0.717, 1.165) is 57.1 Å². The SMILES string of the molecule is C#C[C@]1(OC(=O)COc2ccc(S(N)(=O)=O)c(F)c2)CCC2C3CCC4=CC(=O)CCC4C3CC[C@@]21CC. The Morgan fingerprint density at radius 3 is 2.66 bits per heavy atom. The fourth-order valence-corrected chi connectivity index (χ4v) is 8.87. The highest BCUT2D eigenvalue weighted by molar-refractivity contribution is 7.89. The molecule has 0 aromatic heterocycles. The molecule has 1 aromatic carbocycles. The van der Waals surface area contributed by atoms with Crippen LogP contribution in [0.15, 0.2) is 34.7 Å². The van der Waals surface area contributed by atoms with E-state index in [4.69, 9.17) is 21.0 Å². The topological polar surface area (TPSA) is 113 Å². The molecule has 0 spiro atoms. The van der Waals surface area contributed by atoms with E-state index in [2.05, 4.69) is 12.8 Å². The van der Waals surface area contributed by atoms with E-state index in [0.29, 0.717) is 36.5 Å². The van der Waals surface area contributed by atoms with Crippen molar-refractivity contribution in [1.29, 1.82) is 0 Å². The van der Waals surface area contributed by atoms with E-state index in [1.165, 1.54) is 11.6 Å². The number of terminal acetylenes is 1. The van der Waals surface area contributed by atoms with Gasteiger partial charge in [0.25, 0.3) is 0 Å². The van der Waals surface area contributed by atoms with Gasteiger partial charge < -0.3 is 9.47 Å². The maximum Gasteiger partial charge on any atom is 0.345 e. The van der Waals surface area contributed by atoms with Crippen molar-refractivity contribution in [1.82, 2.24) is 0 Å². The highest BCUT2D eigenvalue weighted by atomic mass is 32.2. The van der Waals surface area contributed by atoms with Crippen LogP contribution in [0.1, 0.15) is 64.7 Å². The zero-order valence-corrected chi connectivity index (χ0v) is 22.4. The summed E-state index contributed by atoms with van der Waals surface area (Å²) in [6.45, 7) is 1.64. The summed E-state index contributed by atoms with van der Waals surface area (Å²) < 4.78 is 48.5. The lowest BCUT2D eigenvalue weighted by atomic mass is 9.49. The van der Waals surface area contributed by atoms with E-state index in [1.807, 2.05) is 6.08 Å². The zero-order chi connectivity index (χ0) is 27.3. The number of ether oxygens (including phenoxy) is 2. The first-order valence-electron chi connectivity index (χ1n) is 13.4. The van der Waals surface area contributed by atoms with E-state index >= 15 is 0 Å². The van der Waals surface area contributed by atoms with Gasteiger partial charge in [-0.2, -0.15) is 0 Å². The van der Waals surface area contributed by atoms with Crippen LogP contribution in [0.5, 0.6) is 5.75 Å². The number of nitrogens with two attached hydrogens (primary N) is 1. The molecule has 3 fully saturated rings. The van der Waals surface area contributed by atoms with Gasteiger partial charge in [-0.25, -0.2) is 22.7 Å². The quantitative estimate of drug-likeness (QED) is 0.423. The summed E-state index contributed by atoms with van der Waals surface area (Å²) in [6.07, 6.45) is 15.7. The standard InChI is InChI=1S/C29H34FNO6S/c1-3-28-13-11-22-21-9-6-19(32)15-18(21)5-8-23(22)24(28)12-14-29(28,4-2)37-27(33)17-36-20-7-10-26(25(30)16-20)38(31,34)35/h2,7,10,15-16,21-24H,3,5-6,8-9,11-14,17H2,1H3,(H2,31,34,35)/t21?,22?,23?,24?,28-,29-/m0/s1. The molecule has 3 saturated carbocycles. The van der Waals surface area contributed by atoms with Crippen LogP contribution in [0.4, 0.5) is 4.39 Å². The number of rotatable bonds is 6. The molecule has 204 valence electrons. The Morgan fingerprint density at radius 1 is 1.18 bits per heavy atom. The van der Waals surface area contributed by atoms with Crippen molar-refractivity contribution < 1.29 is 31.9 Å².